The number of hydrogen-bond acceptors (Lipinski definition) is 7. The van der Waals surface area contributed by atoms with Gasteiger partial charge in [-0.3, -0.25) is 40.0 Å². The Morgan fingerprint density at radius 1 is 0.917 bits per heavy atom. The molecule has 1 atom stereocenters. The van der Waals surface area contributed by atoms with Crippen molar-refractivity contribution in [1.29, 1.82) is 0 Å². The SMILES string of the molecule is CC(C)N1C(=O)NC(=O)C(N)C1=O.CC1C(=O)NC(=O)NC1=O.Cl. The van der Waals surface area contributed by atoms with Crippen LogP contribution in [-0.4, -0.2) is 52.7 Å². The second-order valence-corrected chi connectivity index (χ2v) is 5.10. The number of nitrogens with two attached hydrogens (primary N) is 1. The molecular weight excluding hydrogens is 346 g/mol. The predicted octanol–water partition coefficient (Wildman–Crippen LogP) is -1.79. The first-order valence-electron chi connectivity index (χ1n) is 6.65. The fourth-order valence-electron chi connectivity index (χ4n) is 1.69. The zero-order chi connectivity index (χ0) is 17.9. The molecule has 0 radical (unpaired) electrons. The number of hydrogen-bond donors (Lipinski definition) is 4. The van der Waals surface area contributed by atoms with Crippen LogP contribution in [0.1, 0.15) is 20.8 Å². The van der Waals surface area contributed by atoms with Crippen LogP contribution in [-0.2, 0) is 19.2 Å². The third-order valence-corrected chi connectivity index (χ3v) is 3.01. The molecule has 0 saturated carbocycles. The standard InChI is InChI=1S/C7H11N3O3.C5H6N2O3.ClH/c1-3(2)10-6(12)4(8)5(11)9-7(10)13;1-2-3(8)6-5(10)7-4(2)9;/h3-4H,8H2,1-2H3,(H,9,11,13);2H,1H3,(H2,6,7,8,9,10);1H. The van der Waals surface area contributed by atoms with Crippen LogP contribution in [0.5, 0.6) is 0 Å². The molecule has 2 fully saturated rings. The van der Waals surface area contributed by atoms with Gasteiger partial charge in [-0.1, -0.05) is 0 Å². The van der Waals surface area contributed by atoms with E-state index in [9.17, 15) is 28.8 Å². The van der Waals surface area contributed by atoms with Gasteiger partial charge in [0.1, 0.15) is 5.92 Å². The summed E-state index contributed by atoms with van der Waals surface area (Å²) in [4.78, 5) is 65.9. The van der Waals surface area contributed by atoms with Crippen LogP contribution in [0.3, 0.4) is 0 Å². The third-order valence-electron chi connectivity index (χ3n) is 3.01. The lowest BCUT2D eigenvalue weighted by atomic mass is 10.1. The Kier molecular flexibility index (Phi) is 7.48. The smallest absolute Gasteiger partial charge is 0.312 e. The van der Waals surface area contributed by atoms with Gasteiger partial charge in [-0.2, -0.15) is 0 Å². The van der Waals surface area contributed by atoms with Crippen LogP contribution >= 0.6 is 12.4 Å². The molecule has 24 heavy (non-hydrogen) atoms. The largest absolute Gasteiger partial charge is 0.331 e. The molecule has 2 aliphatic rings. The fraction of sp³-hybridized carbons (Fsp3) is 0.500. The van der Waals surface area contributed by atoms with Gasteiger partial charge in [-0.05, 0) is 20.8 Å². The average Bonchev–Trinajstić information content (AvgIpc) is 2.42. The summed E-state index contributed by atoms with van der Waals surface area (Å²) in [6.07, 6.45) is 0. The number of imide groups is 4. The zero-order valence-electron chi connectivity index (χ0n) is 13.1. The first-order chi connectivity index (χ1) is 10.6. The minimum atomic E-state index is -1.26. The van der Waals surface area contributed by atoms with Gasteiger partial charge in [0.05, 0.1) is 0 Å². The van der Waals surface area contributed by atoms with E-state index < -0.39 is 47.7 Å². The highest BCUT2D eigenvalue weighted by Crippen LogP contribution is 2.06. The van der Waals surface area contributed by atoms with Crippen LogP contribution in [0.2, 0.25) is 0 Å². The maximum Gasteiger partial charge on any atom is 0.331 e. The first kappa shape index (κ1) is 21.5. The molecule has 2 saturated heterocycles. The number of carbonyl (C=O) groups excluding carboxylic acids is 6. The van der Waals surface area contributed by atoms with Crippen LogP contribution in [0, 0.1) is 5.92 Å². The average molecular weight is 364 g/mol. The van der Waals surface area contributed by atoms with E-state index in [1.165, 1.54) is 6.92 Å². The molecule has 5 N–H and O–H groups in total. The number of carbonyl (C=O) groups is 6. The monoisotopic (exact) mass is 363 g/mol. The zero-order valence-corrected chi connectivity index (χ0v) is 13.9. The molecule has 2 aliphatic heterocycles. The van der Waals surface area contributed by atoms with E-state index in [1.54, 1.807) is 13.8 Å². The lowest BCUT2D eigenvalue weighted by Crippen LogP contribution is -2.65. The number of nitrogens with one attached hydrogen (secondary N) is 3. The molecule has 0 aromatic carbocycles. The Morgan fingerprint density at radius 2 is 1.38 bits per heavy atom. The van der Waals surface area contributed by atoms with E-state index in [2.05, 4.69) is 0 Å². The molecule has 0 aromatic rings. The number of urea groups is 2. The van der Waals surface area contributed by atoms with Gasteiger partial charge < -0.3 is 5.73 Å². The summed E-state index contributed by atoms with van der Waals surface area (Å²) in [5, 5.41) is 5.89. The van der Waals surface area contributed by atoms with Gasteiger partial charge >= 0.3 is 12.1 Å². The Morgan fingerprint density at radius 3 is 1.79 bits per heavy atom. The van der Waals surface area contributed by atoms with Gasteiger partial charge in [0.15, 0.2) is 6.04 Å². The van der Waals surface area contributed by atoms with Crippen molar-refractivity contribution in [2.45, 2.75) is 32.9 Å². The highest BCUT2D eigenvalue weighted by molar-refractivity contribution is 6.18. The molecule has 0 aromatic heterocycles. The molecule has 8 amide bonds. The van der Waals surface area contributed by atoms with E-state index in [4.69, 9.17) is 5.73 Å². The van der Waals surface area contributed by atoms with Crippen molar-refractivity contribution in [3.8, 4) is 0 Å². The maximum atomic E-state index is 11.3. The third kappa shape index (κ3) is 4.73. The molecule has 134 valence electrons. The summed E-state index contributed by atoms with van der Waals surface area (Å²) in [5.74, 6) is -3.25. The van der Waals surface area contributed by atoms with Crippen molar-refractivity contribution < 1.29 is 28.8 Å². The summed E-state index contributed by atoms with van der Waals surface area (Å²) >= 11 is 0. The number of barbiturate groups is 2. The van der Waals surface area contributed by atoms with Gasteiger partial charge in [-0.15, -0.1) is 12.4 Å². The minimum Gasteiger partial charge on any atom is -0.312 e. The minimum absolute atomic E-state index is 0. The Bertz CT molecular complexity index is 572. The summed E-state index contributed by atoms with van der Waals surface area (Å²) in [6.45, 7) is 4.76. The van der Waals surface area contributed by atoms with Crippen molar-refractivity contribution in [3.05, 3.63) is 0 Å². The molecule has 0 aliphatic carbocycles. The number of halogens is 1. The van der Waals surface area contributed by atoms with E-state index in [0.717, 1.165) is 4.90 Å². The van der Waals surface area contributed by atoms with E-state index in [1.807, 2.05) is 16.0 Å². The quantitative estimate of drug-likeness (QED) is 0.399. The van der Waals surface area contributed by atoms with Crippen LogP contribution in [0.15, 0.2) is 0 Å². The molecule has 11 nitrogen and oxygen atoms in total. The van der Waals surface area contributed by atoms with Crippen molar-refractivity contribution in [2.75, 3.05) is 0 Å². The highest BCUT2D eigenvalue weighted by atomic mass is 35.5. The molecule has 12 heteroatoms. The summed E-state index contributed by atoms with van der Waals surface area (Å²) in [7, 11) is 0. The number of rotatable bonds is 1. The maximum absolute atomic E-state index is 11.3. The van der Waals surface area contributed by atoms with Crippen molar-refractivity contribution in [1.82, 2.24) is 20.9 Å². The van der Waals surface area contributed by atoms with Crippen molar-refractivity contribution in [2.24, 2.45) is 11.7 Å². The predicted molar refractivity (Wildman–Crippen MR) is 81.6 cm³/mol. The van der Waals surface area contributed by atoms with Gasteiger partial charge in [0.2, 0.25) is 11.8 Å². The van der Waals surface area contributed by atoms with Crippen LogP contribution < -0.4 is 21.7 Å². The van der Waals surface area contributed by atoms with Crippen LogP contribution in [0.4, 0.5) is 9.59 Å². The molecule has 2 heterocycles. The normalized spacial score (nSPS) is 21.4. The Hall–Kier alpha value is -2.53. The molecule has 0 bridgehead atoms. The van der Waals surface area contributed by atoms with Gasteiger partial charge in [0, 0.05) is 6.04 Å². The first-order valence-corrected chi connectivity index (χ1v) is 6.65. The topological polar surface area (TPSA) is 168 Å². The van der Waals surface area contributed by atoms with Crippen LogP contribution in [0.25, 0.3) is 0 Å². The second kappa shape index (κ2) is 8.36. The second-order valence-electron chi connectivity index (χ2n) is 5.10. The fourth-order valence-corrected chi connectivity index (χ4v) is 1.69. The van der Waals surface area contributed by atoms with Crippen molar-refractivity contribution >= 4 is 48.1 Å². The number of amides is 8. The Balaban J connectivity index is 0.000000436. The Labute approximate surface area is 143 Å². The van der Waals surface area contributed by atoms with Gasteiger partial charge in [0.25, 0.3) is 11.8 Å². The van der Waals surface area contributed by atoms with E-state index >= 15 is 0 Å². The van der Waals surface area contributed by atoms with Crippen molar-refractivity contribution in [3.63, 3.8) is 0 Å². The van der Waals surface area contributed by atoms with Gasteiger partial charge in [-0.25, -0.2) is 9.59 Å². The summed E-state index contributed by atoms with van der Waals surface area (Å²) < 4.78 is 0. The van der Waals surface area contributed by atoms with E-state index in [-0.39, 0.29) is 18.4 Å². The van der Waals surface area contributed by atoms with E-state index in [0.29, 0.717) is 0 Å². The molecule has 2 rings (SSSR count). The molecule has 0 spiro atoms. The summed E-state index contributed by atoms with van der Waals surface area (Å²) in [5.41, 5.74) is 5.26. The molecular formula is C12H18ClN5O6. The lowest BCUT2D eigenvalue weighted by molar-refractivity contribution is -0.139. The lowest BCUT2D eigenvalue weighted by Gasteiger charge is -2.30. The summed E-state index contributed by atoms with van der Waals surface area (Å²) in [6, 6.07) is -3.01. The highest BCUT2D eigenvalue weighted by Gasteiger charge is 2.39. The molecule has 1 unspecified atom stereocenters. The number of nitrogens with zero attached hydrogens (tertiary/aromatic N) is 1.